The number of hydrogen-bond donors (Lipinski definition) is 4. The molecule has 0 saturated heterocycles. The number of ether oxygens (including phenoxy) is 1. The van der Waals surface area contributed by atoms with Crippen LogP contribution in [-0.4, -0.2) is 38.2 Å². The van der Waals surface area contributed by atoms with Crippen molar-refractivity contribution in [2.24, 2.45) is 0 Å². The maximum absolute atomic E-state index is 13.6. The lowest BCUT2D eigenvalue weighted by molar-refractivity contribution is 0.0733. The zero-order chi connectivity index (χ0) is 36.1. The van der Waals surface area contributed by atoms with Crippen LogP contribution >= 0.6 is 25.3 Å². The first-order valence-electron chi connectivity index (χ1n) is 18.6. The number of benzene rings is 2. The number of sulfonamides is 2. The minimum Gasteiger partial charge on any atom is -0.338 e. The van der Waals surface area contributed by atoms with Crippen molar-refractivity contribution >= 4 is 45.3 Å². The van der Waals surface area contributed by atoms with Crippen LogP contribution in [0, 0.1) is 0 Å². The molecule has 2 aromatic rings. The fourth-order valence-electron chi connectivity index (χ4n) is 5.66. The lowest BCUT2D eigenvalue weighted by Gasteiger charge is -2.30. The van der Waals surface area contributed by atoms with Crippen molar-refractivity contribution in [2.45, 2.75) is 165 Å². The van der Waals surface area contributed by atoms with Crippen molar-refractivity contribution in [3.63, 3.8) is 0 Å². The highest BCUT2D eigenvalue weighted by Gasteiger charge is 2.40. The second-order valence-electron chi connectivity index (χ2n) is 13.2. The van der Waals surface area contributed by atoms with Gasteiger partial charge < -0.3 is 4.74 Å². The fraction of sp³-hybridized carbons (Fsp3) is 0.684. The standard InChI is InChI=1S/C38H64N2O5S4/c1-5-9-11-13-15-17-19-31-21-25-33(26-22-31)29-39-48(41,42)37(35(46)7-3)45-38(36(47)8-4)49(43,44)40-30-34-27-23-32(24-28-34)20-18-16-14-12-10-6-2/h21-28,35-40,46-47H,5-20,29-30H2,1-4H3. The van der Waals surface area contributed by atoms with Gasteiger partial charge in [0.1, 0.15) is 0 Å². The molecule has 2 aromatic carbocycles. The van der Waals surface area contributed by atoms with Crippen molar-refractivity contribution in [1.82, 2.24) is 9.44 Å². The minimum absolute atomic E-state index is 0.0618. The number of thiol groups is 2. The van der Waals surface area contributed by atoms with Crippen molar-refractivity contribution in [1.29, 1.82) is 0 Å². The Morgan fingerprint density at radius 2 is 0.816 bits per heavy atom. The van der Waals surface area contributed by atoms with E-state index in [1.54, 1.807) is 13.8 Å². The van der Waals surface area contributed by atoms with Gasteiger partial charge in [-0.25, -0.2) is 26.3 Å². The third kappa shape index (κ3) is 16.9. The minimum atomic E-state index is -4.13. The molecule has 0 aromatic heterocycles. The normalized spacial score (nSPS) is 14.8. The quantitative estimate of drug-likeness (QED) is 0.0513. The maximum Gasteiger partial charge on any atom is 0.240 e. The first-order valence-corrected chi connectivity index (χ1v) is 22.7. The van der Waals surface area contributed by atoms with Gasteiger partial charge in [-0.05, 0) is 60.8 Å². The predicted octanol–water partition coefficient (Wildman–Crippen LogP) is 9.12. The molecule has 4 unspecified atom stereocenters. The molecule has 0 fully saturated rings. The van der Waals surface area contributed by atoms with E-state index in [2.05, 4.69) is 48.5 Å². The van der Waals surface area contributed by atoms with Crippen LogP contribution in [0.4, 0.5) is 0 Å². The van der Waals surface area contributed by atoms with E-state index in [-0.39, 0.29) is 13.1 Å². The Morgan fingerprint density at radius 3 is 1.14 bits per heavy atom. The van der Waals surface area contributed by atoms with Gasteiger partial charge in [0.05, 0.1) is 0 Å². The molecule has 4 atom stereocenters. The van der Waals surface area contributed by atoms with Crippen LogP contribution in [0.1, 0.15) is 140 Å². The molecule has 280 valence electrons. The largest absolute Gasteiger partial charge is 0.338 e. The SMILES string of the molecule is CCCCCCCCc1ccc(CNS(=O)(=O)C(OC(C(S)CC)S(=O)(=O)NCc2ccc(CCCCCCCC)cc2)C(S)CC)cc1. The highest BCUT2D eigenvalue weighted by molar-refractivity contribution is 7.92. The highest BCUT2D eigenvalue weighted by Crippen LogP contribution is 2.25. The number of nitrogens with one attached hydrogen (secondary N) is 2. The van der Waals surface area contributed by atoms with Gasteiger partial charge in [-0.1, -0.05) is 140 Å². The summed E-state index contributed by atoms with van der Waals surface area (Å²) in [5.41, 5.74) is 1.08. The first-order chi connectivity index (χ1) is 23.5. The van der Waals surface area contributed by atoms with E-state index in [0.29, 0.717) is 12.8 Å². The summed E-state index contributed by atoms with van der Waals surface area (Å²) in [5.74, 6) is 0. The van der Waals surface area contributed by atoms with E-state index in [4.69, 9.17) is 4.74 Å². The third-order valence-electron chi connectivity index (χ3n) is 8.98. The summed E-state index contributed by atoms with van der Waals surface area (Å²) >= 11 is 9.04. The average molecular weight is 757 g/mol. The molecule has 11 heteroatoms. The zero-order valence-corrected chi connectivity index (χ0v) is 33.8. The van der Waals surface area contributed by atoms with Crippen molar-refractivity contribution in [3.8, 4) is 0 Å². The lowest BCUT2D eigenvalue weighted by Crippen LogP contribution is -2.49. The predicted molar refractivity (Wildman–Crippen MR) is 213 cm³/mol. The van der Waals surface area contributed by atoms with Gasteiger partial charge in [0.15, 0.2) is 10.9 Å². The van der Waals surface area contributed by atoms with Crippen molar-refractivity contribution < 1.29 is 21.6 Å². The van der Waals surface area contributed by atoms with Gasteiger partial charge in [0.25, 0.3) is 0 Å². The zero-order valence-electron chi connectivity index (χ0n) is 30.4. The van der Waals surface area contributed by atoms with Crippen LogP contribution < -0.4 is 9.44 Å². The summed E-state index contributed by atoms with van der Waals surface area (Å²) in [4.78, 5) is 0. The molecular weight excluding hydrogens is 693 g/mol. The summed E-state index contributed by atoms with van der Waals surface area (Å²) in [7, 11) is -8.25. The Bertz CT molecular complexity index is 1260. The third-order valence-corrected chi connectivity index (χ3v) is 13.9. The summed E-state index contributed by atoms with van der Waals surface area (Å²) < 4.78 is 65.8. The van der Waals surface area contributed by atoms with Gasteiger partial charge in [-0.3, -0.25) is 0 Å². The molecule has 0 saturated carbocycles. The molecule has 7 nitrogen and oxygen atoms in total. The molecule has 0 radical (unpaired) electrons. The number of unbranched alkanes of at least 4 members (excludes halogenated alkanes) is 10. The Labute approximate surface area is 310 Å². The van der Waals surface area contributed by atoms with Gasteiger partial charge in [-0.2, -0.15) is 25.3 Å². The van der Waals surface area contributed by atoms with E-state index in [1.807, 2.05) is 48.5 Å². The monoisotopic (exact) mass is 756 g/mol. The molecule has 2 rings (SSSR count). The second kappa shape index (κ2) is 24.2. The Kier molecular flexibility index (Phi) is 21.8. The van der Waals surface area contributed by atoms with Gasteiger partial charge in [0.2, 0.25) is 20.0 Å². The molecule has 0 aliphatic heterocycles. The Balaban J connectivity index is 2.02. The van der Waals surface area contributed by atoms with Crippen LogP contribution in [0.15, 0.2) is 48.5 Å². The number of hydrogen-bond acceptors (Lipinski definition) is 7. The fourth-order valence-corrected chi connectivity index (χ4v) is 9.64. The summed E-state index contributed by atoms with van der Waals surface area (Å²) in [6.07, 6.45) is 17.6. The molecule has 0 aliphatic carbocycles. The second-order valence-corrected chi connectivity index (χ2v) is 18.2. The maximum atomic E-state index is 13.6. The van der Waals surface area contributed by atoms with E-state index >= 15 is 0 Å². The smallest absolute Gasteiger partial charge is 0.240 e. The Morgan fingerprint density at radius 1 is 0.510 bits per heavy atom. The Hall–Kier alpha value is -1.08. The van der Waals surface area contributed by atoms with Crippen LogP contribution in [0.25, 0.3) is 0 Å². The van der Waals surface area contributed by atoms with E-state index < -0.39 is 41.4 Å². The van der Waals surface area contributed by atoms with Crippen LogP contribution in [0.5, 0.6) is 0 Å². The van der Waals surface area contributed by atoms with Crippen molar-refractivity contribution in [2.75, 3.05) is 0 Å². The number of aryl methyl sites for hydroxylation is 2. The highest BCUT2D eigenvalue weighted by atomic mass is 32.2. The average Bonchev–Trinajstić information content (AvgIpc) is 3.10. The molecule has 0 heterocycles. The molecule has 0 amide bonds. The number of rotatable bonds is 28. The van der Waals surface area contributed by atoms with Crippen LogP contribution in [0.2, 0.25) is 0 Å². The van der Waals surface area contributed by atoms with Crippen molar-refractivity contribution in [3.05, 3.63) is 70.8 Å². The van der Waals surface area contributed by atoms with Crippen LogP contribution in [0.3, 0.4) is 0 Å². The lowest BCUT2D eigenvalue weighted by atomic mass is 10.0. The topological polar surface area (TPSA) is 102 Å². The molecule has 2 N–H and O–H groups in total. The van der Waals surface area contributed by atoms with Gasteiger partial charge in [-0.15, -0.1) is 0 Å². The van der Waals surface area contributed by atoms with Crippen LogP contribution in [-0.2, 0) is 50.7 Å². The molecular formula is C38H64N2O5S4. The molecule has 0 spiro atoms. The molecule has 49 heavy (non-hydrogen) atoms. The van der Waals surface area contributed by atoms with Gasteiger partial charge in [0, 0.05) is 23.6 Å². The molecule has 0 aliphatic rings. The van der Waals surface area contributed by atoms with E-state index in [9.17, 15) is 16.8 Å². The summed E-state index contributed by atoms with van der Waals surface area (Å²) in [6, 6.07) is 15.9. The molecule has 0 bridgehead atoms. The summed E-state index contributed by atoms with van der Waals surface area (Å²) in [6.45, 7) is 8.15. The van der Waals surface area contributed by atoms with E-state index in [0.717, 1.165) is 36.8 Å². The first kappa shape index (κ1) is 44.1. The van der Waals surface area contributed by atoms with Gasteiger partial charge >= 0.3 is 0 Å². The summed E-state index contributed by atoms with van der Waals surface area (Å²) in [5, 5.41) is -1.52. The van der Waals surface area contributed by atoms with E-state index in [1.165, 1.54) is 75.3 Å².